The molecule has 0 amide bonds. The lowest BCUT2D eigenvalue weighted by Gasteiger charge is -2.25. The number of hydrogen-bond acceptors (Lipinski definition) is 1. The normalized spacial score (nSPS) is 16.0. The van der Waals surface area contributed by atoms with E-state index in [2.05, 4.69) is 46.8 Å². The van der Waals surface area contributed by atoms with Crippen LogP contribution in [0.2, 0.25) is 0 Å². The lowest BCUT2D eigenvalue weighted by atomic mass is 9.77. The van der Waals surface area contributed by atoms with Crippen LogP contribution < -0.4 is 0 Å². The molecule has 0 aromatic heterocycles. The second-order valence-corrected chi connectivity index (χ2v) is 6.98. The van der Waals surface area contributed by atoms with E-state index in [1.165, 1.54) is 61.9 Å². The molecule has 0 saturated heterocycles. The fourth-order valence-electron chi connectivity index (χ4n) is 3.41. The summed E-state index contributed by atoms with van der Waals surface area (Å²) in [5.41, 5.74) is 7.30. The maximum absolute atomic E-state index is 4.83. The highest BCUT2D eigenvalue weighted by molar-refractivity contribution is 6.00. The molecule has 1 heterocycles. The standard InChI is InChI=1S/C20H31N/c1-6-8-10-11-16-13-14-18-19(17(16)12-9-7-2)20(4,5)15(3)21-18/h13-14H,6-12H2,1-5H3. The van der Waals surface area contributed by atoms with Gasteiger partial charge < -0.3 is 0 Å². The Labute approximate surface area is 130 Å². The first-order valence-electron chi connectivity index (χ1n) is 8.73. The Hall–Kier alpha value is -1.11. The molecule has 1 heteroatoms. The van der Waals surface area contributed by atoms with E-state index in [4.69, 9.17) is 4.99 Å². The Morgan fingerprint density at radius 1 is 0.952 bits per heavy atom. The van der Waals surface area contributed by atoms with E-state index in [0.29, 0.717) is 0 Å². The van der Waals surface area contributed by atoms with Gasteiger partial charge in [0.2, 0.25) is 0 Å². The number of nitrogens with zero attached hydrogens (tertiary/aromatic N) is 1. The zero-order valence-electron chi connectivity index (χ0n) is 14.6. The molecule has 1 aromatic rings. The summed E-state index contributed by atoms with van der Waals surface area (Å²) in [6.07, 6.45) is 8.94. The van der Waals surface area contributed by atoms with Crippen LogP contribution in [0.3, 0.4) is 0 Å². The number of unbranched alkanes of at least 4 members (excludes halogenated alkanes) is 3. The smallest absolute Gasteiger partial charge is 0.0673 e. The molecule has 0 N–H and O–H groups in total. The summed E-state index contributed by atoms with van der Waals surface area (Å²) in [5, 5.41) is 0. The molecule has 0 atom stereocenters. The summed E-state index contributed by atoms with van der Waals surface area (Å²) in [7, 11) is 0. The lowest BCUT2D eigenvalue weighted by molar-refractivity contribution is 0.683. The van der Waals surface area contributed by atoms with Crippen molar-refractivity contribution in [3.63, 3.8) is 0 Å². The van der Waals surface area contributed by atoms with Crippen LogP contribution in [0.5, 0.6) is 0 Å². The summed E-state index contributed by atoms with van der Waals surface area (Å²) in [4.78, 5) is 4.83. The van der Waals surface area contributed by atoms with Crippen LogP contribution in [0.1, 0.15) is 83.4 Å². The van der Waals surface area contributed by atoms with Gasteiger partial charge in [-0.25, -0.2) is 0 Å². The van der Waals surface area contributed by atoms with Crippen LogP contribution >= 0.6 is 0 Å². The highest BCUT2D eigenvalue weighted by atomic mass is 14.8. The van der Waals surface area contributed by atoms with Crippen molar-refractivity contribution in [3.05, 3.63) is 28.8 Å². The van der Waals surface area contributed by atoms with Crippen molar-refractivity contribution >= 4 is 11.4 Å². The Morgan fingerprint density at radius 3 is 2.33 bits per heavy atom. The van der Waals surface area contributed by atoms with Crippen molar-refractivity contribution in [2.75, 3.05) is 0 Å². The van der Waals surface area contributed by atoms with Crippen molar-refractivity contribution in [1.82, 2.24) is 0 Å². The van der Waals surface area contributed by atoms with Crippen LogP contribution in [0.4, 0.5) is 5.69 Å². The molecule has 0 radical (unpaired) electrons. The fraction of sp³-hybridized carbons (Fsp3) is 0.650. The maximum Gasteiger partial charge on any atom is 0.0673 e. The third-order valence-corrected chi connectivity index (χ3v) is 5.04. The molecule has 2 rings (SSSR count). The number of hydrogen-bond donors (Lipinski definition) is 0. The maximum atomic E-state index is 4.83. The van der Waals surface area contributed by atoms with Crippen molar-refractivity contribution < 1.29 is 0 Å². The highest BCUT2D eigenvalue weighted by Gasteiger charge is 2.34. The van der Waals surface area contributed by atoms with Gasteiger partial charge in [-0.05, 0) is 55.4 Å². The van der Waals surface area contributed by atoms with Crippen LogP contribution in [0, 0.1) is 0 Å². The van der Waals surface area contributed by atoms with Crippen LogP contribution in [-0.4, -0.2) is 5.71 Å². The second-order valence-electron chi connectivity index (χ2n) is 6.98. The van der Waals surface area contributed by atoms with E-state index >= 15 is 0 Å². The van der Waals surface area contributed by atoms with Gasteiger partial charge in [-0.3, -0.25) is 4.99 Å². The average Bonchev–Trinajstić information content (AvgIpc) is 2.68. The molecule has 1 aliphatic heterocycles. The molecule has 116 valence electrons. The SMILES string of the molecule is CCCCCc1ccc2c(c1CCCC)C(C)(C)C(C)=N2. The van der Waals surface area contributed by atoms with Crippen LogP contribution in [-0.2, 0) is 18.3 Å². The first-order chi connectivity index (χ1) is 10.0. The van der Waals surface area contributed by atoms with Crippen molar-refractivity contribution in [2.45, 2.75) is 85.0 Å². The van der Waals surface area contributed by atoms with E-state index in [-0.39, 0.29) is 5.41 Å². The third kappa shape index (κ3) is 3.22. The van der Waals surface area contributed by atoms with E-state index in [0.717, 1.165) is 0 Å². The Kier molecular flexibility index (Phi) is 5.24. The van der Waals surface area contributed by atoms with Gasteiger partial charge in [-0.15, -0.1) is 0 Å². The zero-order chi connectivity index (χ0) is 15.5. The molecule has 0 saturated carbocycles. The third-order valence-electron chi connectivity index (χ3n) is 5.04. The van der Waals surface area contributed by atoms with Crippen LogP contribution in [0.25, 0.3) is 0 Å². The van der Waals surface area contributed by atoms with E-state index in [1.807, 2.05) is 0 Å². The monoisotopic (exact) mass is 285 g/mol. The van der Waals surface area contributed by atoms with E-state index < -0.39 is 0 Å². The summed E-state index contributed by atoms with van der Waals surface area (Å²) >= 11 is 0. The number of rotatable bonds is 7. The van der Waals surface area contributed by atoms with Gasteiger partial charge in [0.1, 0.15) is 0 Å². The molecule has 0 aliphatic carbocycles. The number of benzene rings is 1. The first-order valence-corrected chi connectivity index (χ1v) is 8.73. The number of aliphatic imine (C=N–C) groups is 1. The van der Waals surface area contributed by atoms with E-state index in [1.54, 1.807) is 11.1 Å². The molecular formula is C20H31N. The minimum absolute atomic E-state index is 0.110. The van der Waals surface area contributed by atoms with Crippen molar-refractivity contribution in [2.24, 2.45) is 4.99 Å². The first kappa shape index (κ1) is 16.3. The summed E-state index contributed by atoms with van der Waals surface area (Å²) in [6.45, 7) is 11.4. The largest absolute Gasteiger partial charge is 0.257 e. The molecule has 0 fully saturated rings. The molecule has 1 aliphatic rings. The second kappa shape index (κ2) is 6.77. The quantitative estimate of drug-likeness (QED) is 0.533. The Morgan fingerprint density at radius 2 is 1.67 bits per heavy atom. The zero-order valence-corrected chi connectivity index (χ0v) is 14.6. The molecule has 21 heavy (non-hydrogen) atoms. The minimum atomic E-state index is 0.110. The summed E-state index contributed by atoms with van der Waals surface area (Å²) < 4.78 is 0. The Balaban J connectivity index is 2.39. The van der Waals surface area contributed by atoms with Gasteiger partial charge in [-0.2, -0.15) is 0 Å². The molecule has 0 spiro atoms. The highest BCUT2D eigenvalue weighted by Crippen LogP contribution is 2.43. The molecular weight excluding hydrogens is 254 g/mol. The molecule has 1 nitrogen and oxygen atoms in total. The molecule has 0 unspecified atom stereocenters. The van der Waals surface area contributed by atoms with Crippen molar-refractivity contribution in [1.29, 1.82) is 0 Å². The topological polar surface area (TPSA) is 12.4 Å². The predicted octanol–water partition coefficient (Wildman–Crippen LogP) is 6.15. The number of fused-ring (bicyclic) bond motifs is 1. The van der Waals surface area contributed by atoms with E-state index in [9.17, 15) is 0 Å². The molecule has 1 aromatic carbocycles. The summed E-state index contributed by atoms with van der Waals surface area (Å²) in [5.74, 6) is 0. The van der Waals surface area contributed by atoms with Gasteiger partial charge in [-0.1, -0.05) is 53.0 Å². The van der Waals surface area contributed by atoms with Gasteiger partial charge in [0.15, 0.2) is 0 Å². The van der Waals surface area contributed by atoms with Crippen molar-refractivity contribution in [3.8, 4) is 0 Å². The van der Waals surface area contributed by atoms with Gasteiger partial charge in [0.05, 0.1) is 5.69 Å². The van der Waals surface area contributed by atoms with Gasteiger partial charge >= 0.3 is 0 Å². The number of aryl methyl sites for hydroxylation is 1. The fourth-order valence-corrected chi connectivity index (χ4v) is 3.41. The minimum Gasteiger partial charge on any atom is -0.257 e. The van der Waals surface area contributed by atoms with Gasteiger partial charge in [0, 0.05) is 11.1 Å². The lowest BCUT2D eigenvalue weighted by Crippen LogP contribution is -2.24. The predicted molar refractivity (Wildman–Crippen MR) is 94.1 cm³/mol. The van der Waals surface area contributed by atoms with Crippen LogP contribution in [0.15, 0.2) is 17.1 Å². The van der Waals surface area contributed by atoms with Gasteiger partial charge in [0.25, 0.3) is 0 Å². The average molecular weight is 285 g/mol. The Bertz CT molecular complexity index is 523. The summed E-state index contributed by atoms with van der Waals surface area (Å²) in [6, 6.07) is 4.60. The molecule has 0 bridgehead atoms.